The molecule has 1 aromatic rings. The molecule has 0 spiro atoms. The predicted molar refractivity (Wildman–Crippen MR) is 96.2 cm³/mol. The number of nitrogens with one attached hydrogen (secondary N) is 2. The molecule has 2 atom stereocenters. The van der Waals surface area contributed by atoms with Gasteiger partial charge in [0.1, 0.15) is 4.21 Å². The van der Waals surface area contributed by atoms with Gasteiger partial charge >= 0.3 is 0 Å². The van der Waals surface area contributed by atoms with Crippen LogP contribution in [0.4, 0.5) is 0 Å². The third kappa shape index (κ3) is 4.22. The van der Waals surface area contributed by atoms with Crippen molar-refractivity contribution in [1.29, 1.82) is 0 Å². The molecule has 2 unspecified atom stereocenters. The molecule has 0 saturated carbocycles. The zero-order valence-corrected chi connectivity index (χ0v) is 15.9. The van der Waals surface area contributed by atoms with E-state index in [9.17, 15) is 18.3 Å². The monoisotopic (exact) mass is 387 g/mol. The lowest BCUT2D eigenvalue weighted by Crippen LogP contribution is -2.37. The van der Waals surface area contributed by atoms with Gasteiger partial charge in [-0.1, -0.05) is 6.92 Å². The van der Waals surface area contributed by atoms with E-state index in [0.717, 1.165) is 24.2 Å². The molecule has 0 aliphatic carbocycles. The van der Waals surface area contributed by atoms with Gasteiger partial charge in [0.2, 0.25) is 0 Å². The second kappa shape index (κ2) is 7.71. The largest absolute Gasteiger partial charge is 0.391 e. The topological polar surface area (TPSA) is 98.7 Å². The van der Waals surface area contributed by atoms with Crippen LogP contribution in [0.3, 0.4) is 0 Å². The minimum absolute atomic E-state index is 0.0116. The van der Waals surface area contributed by atoms with E-state index in [-0.39, 0.29) is 16.0 Å². The van der Waals surface area contributed by atoms with Crippen molar-refractivity contribution in [3.8, 4) is 0 Å². The number of aliphatic hydroxyl groups excluding tert-OH is 1. The summed E-state index contributed by atoms with van der Waals surface area (Å²) in [6.07, 6.45) is 1.28. The smallest absolute Gasteiger partial charge is 0.261 e. The fraction of sp³-hybridized carbons (Fsp3) is 0.688. The maximum atomic E-state index is 12.7. The third-order valence-electron chi connectivity index (χ3n) is 4.97. The molecule has 2 aliphatic heterocycles. The molecule has 0 bridgehead atoms. The Balaban J connectivity index is 1.62. The summed E-state index contributed by atoms with van der Waals surface area (Å²) in [5.41, 5.74) is 0. The molecule has 9 heteroatoms. The fourth-order valence-electron chi connectivity index (χ4n) is 3.17. The highest BCUT2D eigenvalue weighted by molar-refractivity contribution is 7.91. The van der Waals surface area contributed by atoms with E-state index >= 15 is 0 Å². The lowest BCUT2D eigenvalue weighted by atomic mass is 10.0. The Labute approximate surface area is 152 Å². The number of nitrogens with zero attached hydrogens (tertiary/aromatic N) is 1. The van der Waals surface area contributed by atoms with Gasteiger partial charge in [-0.2, -0.15) is 4.31 Å². The van der Waals surface area contributed by atoms with Crippen molar-refractivity contribution in [3.63, 3.8) is 0 Å². The normalized spacial score (nSPS) is 26.0. The van der Waals surface area contributed by atoms with Gasteiger partial charge in [-0.15, -0.1) is 11.3 Å². The van der Waals surface area contributed by atoms with Crippen LogP contribution in [-0.2, 0) is 10.0 Å². The van der Waals surface area contributed by atoms with Crippen LogP contribution < -0.4 is 10.6 Å². The maximum absolute atomic E-state index is 12.7. The van der Waals surface area contributed by atoms with Gasteiger partial charge in [0.15, 0.2) is 0 Å². The van der Waals surface area contributed by atoms with E-state index in [4.69, 9.17) is 0 Å². The zero-order valence-electron chi connectivity index (χ0n) is 14.3. The van der Waals surface area contributed by atoms with Crippen LogP contribution in [0.25, 0.3) is 0 Å². The number of hydrogen-bond donors (Lipinski definition) is 3. The van der Waals surface area contributed by atoms with E-state index < -0.39 is 16.1 Å². The predicted octanol–water partition coefficient (Wildman–Crippen LogP) is 0.479. The summed E-state index contributed by atoms with van der Waals surface area (Å²) in [6.45, 7) is 4.78. The molecule has 7 nitrogen and oxygen atoms in total. The Kier molecular flexibility index (Phi) is 5.79. The van der Waals surface area contributed by atoms with Crippen LogP contribution in [0.1, 0.15) is 29.4 Å². The number of carbonyl (C=O) groups is 1. The standard InChI is InChI=1S/C16H25N3O4S2/c1-11-4-6-19(7-5-11)25(22,23)15-3-2-14(24-15)16(21)18-9-12-8-17-10-13(12)20/h2-3,11-13,17,20H,4-10H2,1H3,(H,18,21). The highest BCUT2D eigenvalue weighted by Crippen LogP contribution is 2.28. The number of aliphatic hydroxyl groups is 1. The van der Waals surface area contributed by atoms with Gasteiger partial charge < -0.3 is 15.7 Å². The Morgan fingerprint density at radius 3 is 2.72 bits per heavy atom. The quantitative estimate of drug-likeness (QED) is 0.683. The first kappa shape index (κ1) is 18.8. The number of rotatable bonds is 5. The molecule has 3 rings (SSSR count). The highest BCUT2D eigenvalue weighted by Gasteiger charge is 2.30. The van der Waals surface area contributed by atoms with Gasteiger partial charge in [0.25, 0.3) is 15.9 Å². The number of amides is 1. The van der Waals surface area contributed by atoms with E-state index in [0.29, 0.717) is 43.5 Å². The molecular weight excluding hydrogens is 362 g/mol. The molecule has 3 heterocycles. The average molecular weight is 388 g/mol. The number of piperidine rings is 1. The average Bonchev–Trinajstić information content (AvgIpc) is 3.22. The Morgan fingerprint density at radius 2 is 2.08 bits per heavy atom. The molecule has 1 aromatic heterocycles. The first-order chi connectivity index (χ1) is 11.9. The van der Waals surface area contributed by atoms with Gasteiger partial charge in [-0.25, -0.2) is 8.42 Å². The molecule has 2 fully saturated rings. The van der Waals surface area contributed by atoms with E-state index in [1.807, 2.05) is 0 Å². The number of hydrogen-bond acceptors (Lipinski definition) is 6. The summed E-state index contributed by atoms with van der Waals surface area (Å²) in [5.74, 6) is 0.247. The van der Waals surface area contributed by atoms with E-state index in [1.54, 1.807) is 6.07 Å². The molecule has 2 saturated heterocycles. The fourth-order valence-corrected chi connectivity index (χ4v) is 6.02. The lowest BCUT2D eigenvalue weighted by molar-refractivity contribution is 0.0931. The molecule has 2 aliphatic rings. The van der Waals surface area contributed by atoms with Crippen LogP contribution in [0, 0.1) is 11.8 Å². The Morgan fingerprint density at radius 1 is 1.36 bits per heavy atom. The Bertz CT molecular complexity index is 711. The molecule has 140 valence electrons. The summed E-state index contributed by atoms with van der Waals surface area (Å²) in [7, 11) is -3.52. The van der Waals surface area contributed by atoms with Gasteiger partial charge in [-0.05, 0) is 30.9 Å². The summed E-state index contributed by atoms with van der Waals surface area (Å²) in [6, 6.07) is 3.07. The van der Waals surface area contributed by atoms with Gasteiger partial charge in [-0.3, -0.25) is 4.79 Å². The molecular formula is C16H25N3O4S2. The lowest BCUT2D eigenvalue weighted by Gasteiger charge is -2.28. The third-order valence-corrected chi connectivity index (χ3v) is 8.42. The van der Waals surface area contributed by atoms with Crippen LogP contribution in [0.2, 0.25) is 0 Å². The van der Waals surface area contributed by atoms with Crippen molar-refractivity contribution in [2.75, 3.05) is 32.7 Å². The molecule has 0 radical (unpaired) electrons. The number of β-amino-alcohol motifs (C(OH)–C–C–N with tert-alkyl or cyclic N) is 1. The van der Waals surface area contributed by atoms with Crippen molar-refractivity contribution in [2.24, 2.45) is 11.8 Å². The summed E-state index contributed by atoms with van der Waals surface area (Å²) < 4.78 is 27.1. The maximum Gasteiger partial charge on any atom is 0.261 e. The number of thiophene rings is 1. The second-order valence-electron chi connectivity index (χ2n) is 6.90. The summed E-state index contributed by atoms with van der Waals surface area (Å²) >= 11 is 1.01. The van der Waals surface area contributed by atoms with Crippen molar-refractivity contribution in [2.45, 2.75) is 30.1 Å². The highest BCUT2D eigenvalue weighted by atomic mass is 32.2. The first-order valence-corrected chi connectivity index (χ1v) is 10.9. The summed E-state index contributed by atoms with van der Waals surface area (Å²) in [5, 5.41) is 15.6. The number of sulfonamides is 1. The van der Waals surface area contributed by atoms with E-state index in [2.05, 4.69) is 17.6 Å². The van der Waals surface area contributed by atoms with Crippen molar-refractivity contribution in [3.05, 3.63) is 17.0 Å². The Hall–Kier alpha value is -1.00. The SMILES string of the molecule is CC1CCN(S(=O)(=O)c2ccc(C(=O)NCC3CNCC3O)s2)CC1. The van der Waals surface area contributed by atoms with Crippen LogP contribution in [-0.4, -0.2) is 62.6 Å². The van der Waals surface area contributed by atoms with Crippen molar-refractivity contribution < 1.29 is 18.3 Å². The summed E-state index contributed by atoms with van der Waals surface area (Å²) in [4.78, 5) is 12.6. The number of carbonyl (C=O) groups excluding carboxylic acids is 1. The van der Waals surface area contributed by atoms with Crippen LogP contribution in [0.5, 0.6) is 0 Å². The molecule has 25 heavy (non-hydrogen) atoms. The molecule has 1 amide bonds. The first-order valence-electron chi connectivity index (χ1n) is 8.65. The minimum atomic E-state index is -3.52. The van der Waals surface area contributed by atoms with Crippen LogP contribution >= 0.6 is 11.3 Å². The molecule has 0 aromatic carbocycles. The van der Waals surface area contributed by atoms with Crippen LogP contribution in [0.15, 0.2) is 16.3 Å². The zero-order chi connectivity index (χ0) is 18.0. The van der Waals surface area contributed by atoms with Gasteiger partial charge in [0, 0.05) is 38.6 Å². The van der Waals surface area contributed by atoms with Crippen molar-refractivity contribution >= 4 is 27.3 Å². The second-order valence-corrected chi connectivity index (χ2v) is 10.1. The van der Waals surface area contributed by atoms with E-state index in [1.165, 1.54) is 10.4 Å². The van der Waals surface area contributed by atoms with Gasteiger partial charge in [0.05, 0.1) is 11.0 Å². The van der Waals surface area contributed by atoms with Crippen molar-refractivity contribution in [1.82, 2.24) is 14.9 Å². The minimum Gasteiger partial charge on any atom is -0.391 e. The molecule has 3 N–H and O–H groups in total.